The molecule has 0 atom stereocenters. The minimum Gasteiger partial charge on any atom is -0.496 e. The summed E-state index contributed by atoms with van der Waals surface area (Å²) in [4.78, 5) is 16.9. The minimum absolute atomic E-state index is 0.107. The number of benzene rings is 3. The van der Waals surface area contributed by atoms with Crippen LogP contribution in [0.5, 0.6) is 11.5 Å². The summed E-state index contributed by atoms with van der Waals surface area (Å²) in [6.45, 7) is 0.107. The summed E-state index contributed by atoms with van der Waals surface area (Å²) in [6, 6.07) is 18.0. The largest absolute Gasteiger partial charge is 0.573 e. The Bertz CT molecular complexity index is 1340. The Labute approximate surface area is 203 Å². The molecule has 0 unspecified atom stereocenters. The summed E-state index contributed by atoms with van der Waals surface area (Å²) >= 11 is 6.17. The van der Waals surface area contributed by atoms with Gasteiger partial charge < -0.3 is 14.8 Å². The van der Waals surface area contributed by atoms with E-state index in [0.717, 1.165) is 11.1 Å². The SMILES string of the molecule is COc1ccc(Cl)cc1-c1cccc(-n2cncc2C(=O)NCc2ccc(OC(F)(F)F)cc2)c1. The summed E-state index contributed by atoms with van der Waals surface area (Å²) in [5.74, 6) is -0.0764. The fourth-order valence-corrected chi connectivity index (χ4v) is 3.65. The predicted molar refractivity (Wildman–Crippen MR) is 125 cm³/mol. The van der Waals surface area contributed by atoms with Gasteiger partial charge in [-0.05, 0) is 53.6 Å². The first-order valence-electron chi connectivity index (χ1n) is 10.3. The first-order chi connectivity index (χ1) is 16.7. The number of rotatable bonds is 7. The van der Waals surface area contributed by atoms with Crippen molar-refractivity contribution in [3.63, 3.8) is 0 Å². The molecule has 35 heavy (non-hydrogen) atoms. The van der Waals surface area contributed by atoms with Gasteiger partial charge in [-0.1, -0.05) is 35.9 Å². The van der Waals surface area contributed by atoms with Crippen LogP contribution in [-0.2, 0) is 6.54 Å². The van der Waals surface area contributed by atoms with E-state index in [0.29, 0.717) is 22.0 Å². The molecule has 0 spiro atoms. The maximum atomic E-state index is 12.8. The first-order valence-corrected chi connectivity index (χ1v) is 10.7. The van der Waals surface area contributed by atoms with Crippen LogP contribution in [0.1, 0.15) is 16.1 Å². The minimum atomic E-state index is -4.76. The Morgan fingerprint density at radius 2 is 1.86 bits per heavy atom. The van der Waals surface area contributed by atoms with E-state index >= 15 is 0 Å². The van der Waals surface area contributed by atoms with Crippen LogP contribution in [0.3, 0.4) is 0 Å². The molecule has 0 aliphatic rings. The summed E-state index contributed by atoms with van der Waals surface area (Å²) in [5, 5.41) is 3.31. The molecule has 1 amide bonds. The number of carbonyl (C=O) groups excluding carboxylic acids is 1. The lowest BCUT2D eigenvalue weighted by molar-refractivity contribution is -0.274. The third-order valence-electron chi connectivity index (χ3n) is 5.08. The Kier molecular flexibility index (Phi) is 6.97. The van der Waals surface area contributed by atoms with Crippen molar-refractivity contribution in [3.8, 4) is 28.3 Å². The van der Waals surface area contributed by atoms with Crippen molar-refractivity contribution in [2.45, 2.75) is 12.9 Å². The Balaban J connectivity index is 1.51. The van der Waals surface area contributed by atoms with Gasteiger partial charge >= 0.3 is 6.36 Å². The van der Waals surface area contributed by atoms with Crippen LogP contribution in [0.4, 0.5) is 13.2 Å². The number of imidazole rings is 1. The smallest absolute Gasteiger partial charge is 0.496 e. The lowest BCUT2D eigenvalue weighted by Gasteiger charge is -2.13. The summed E-state index contributed by atoms with van der Waals surface area (Å²) in [6.07, 6.45) is -1.81. The maximum absolute atomic E-state index is 12.8. The molecule has 0 saturated heterocycles. The molecule has 4 aromatic rings. The van der Waals surface area contributed by atoms with Gasteiger partial charge in [0.15, 0.2) is 0 Å². The van der Waals surface area contributed by atoms with Gasteiger partial charge in [0.1, 0.15) is 17.2 Å². The van der Waals surface area contributed by atoms with Crippen LogP contribution in [-0.4, -0.2) is 28.9 Å². The first kappa shape index (κ1) is 24.2. The second-order valence-electron chi connectivity index (χ2n) is 7.42. The summed E-state index contributed by atoms with van der Waals surface area (Å²) in [5.41, 5.74) is 3.22. The lowest BCUT2D eigenvalue weighted by Crippen LogP contribution is -2.25. The molecule has 1 N–H and O–H groups in total. The molecular weight excluding hydrogens is 483 g/mol. The van der Waals surface area contributed by atoms with E-state index in [1.807, 2.05) is 24.3 Å². The zero-order chi connectivity index (χ0) is 25.0. The molecule has 4 rings (SSSR count). The number of nitrogens with zero attached hydrogens (tertiary/aromatic N) is 2. The highest BCUT2D eigenvalue weighted by molar-refractivity contribution is 6.31. The van der Waals surface area contributed by atoms with Crippen molar-refractivity contribution in [1.29, 1.82) is 0 Å². The van der Waals surface area contributed by atoms with Crippen LogP contribution in [0.2, 0.25) is 5.02 Å². The van der Waals surface area contributed by atoms with Crippen molar-refractivity contribution in [2.24, 2.45) is 0 Å². The van der Waals surface area contributed by atoms with Gasteiger partial charge in [0.2, 0.25) is 0 Å². The summed E-state index contributed by atoms with van der Waals surface area (Å²) < 4.78 is 47.9. The molecule has 1 heterocycles. The molecule has 180 valence electrons. The number of carbonyl (C=O) groups is 1. The molecule has 1 aromatic heterocycles. The van der Waals surface area contributed by atoms with Gasteiger partial charge in [0.25, 0.3) is 5.91 Å². The number of hydrogen-bond acceptors (Lipinski definition) is 4. The normalized spacial score (nSPS) is 11.2. The van der Waals surface area contributed by atoms with Gasteiger partial charge in [-0.3, -0.25) is 9.36 Å². The monoisotopic (exact) mass is 501 g/mol. The standard InChI is InChI=1S/C25H19ClF3N3O3/c1-34-23-10-7-18(26)12-21(23)17-3-2-4-19(11-17)32-15-30-14-22(32)24(33)31-13-16-5-8-20(9-6-16)35-25(27,28)29/h2-12,14-15H,13H2,1H3,(H,31,33). The van der Waals surface area contributed by atoms with Gasteiger partial charge in [0.05, 0.1) is 19.6 Å². The molecule has 0 fully saturated rings. The quantitative estimate of drug-likeness (QED) is 0.336. The van der Waals surface area contributed by atoms with E-state index in [1.165, 1.54) is 36.8 Å². The van der Waals surface area contributed by atoms with Crippen LogP contribution in [0.15, 0.2) is 79.3 Å². The Morgan fingerprint density at radius 1 is 1.09 bits per heavy atom. The van der Waals surface area contributed by atoms with Crippen molar-refractivity contribution in [3.05, 3.63) is 95.5 Å². The highest BCUT2D eigenvalue weighted by Crippen LogP contribution is 2.33. The number of alkyl halides is 3. The van der Waals surface area contributed by atoms with Gasteiger partial charge in [-0.2, -0.15) is 0 Å². The van der Waals surface area contributed by atoms with E-state index in [-0.39, 0.29) is 18.0 Å². The van der Waals surface area contributed by atoms with Gasteiger partial charge in [0, 0.05) is 22.8 Å². The van der Waals surface area contributed by atoms with Gasteiger partial charge in [-0.25, -0.2) is 4.98 Å². The number of aromatic nitrogens is 2. The van der Waals surface area contributed by atoms with E-state index in [1.54, 1.807) is 29.9 Å². The molecule has 6 nitrogen and oxygen atoms in total. The Hall–Kier alpha value is -3.98. The second-order valence-corrected chi connectivity index (χ2v) is 7.85. The lowest BCUT2D eigenvalue weighted by atomic mass is 10.0. The van der Waals surface area contributed by atoms with Crippen LogP contribution < -0.4 is 14.8 Å². The fraction of sp³-hybridized carbons (Fsp3) is 0.120. The van der Waals surface area contributed by atoms with Crippen molar-refractivity contribution in [2.75, 3.05) is 7.11 Å². The van der Waals surface area contributed by atoms with Gasteiger partial charge in [-0.15, -0.1) is 13.2 Å². The van der Waals surface area contributed by atoms with E-state index in [9.17, 15) is 18.0 Å². The van der Waals surface area contributed by atoms with Crippen LogP contribution >= 0.6 is 11.6 Å². The summed E-state index contributed by atoms with van der Waals surface area (Å²) in [7, 11) is 1.58. The van der Waals surface area contributed by atoms with Crippen LogP contribution in [0, 0.1) is 0 Å². The number of hydrogen-bond donors (Lipinski definition) is 1. The number of amides is 1. The van der Waals surface area contributed by atoms with Crippen molar-refractivity contribution in [1.82, 2.24) is 14.9 Å². The fourth-order valence-electron chi connectivity index (χ4n) is 3.48. The molecule has 0 bridgehead atoms. The number of nitrogens with one attached hydrogen (secondary N) is 1. The molecule has 0 radical (unpaired) electrons. The van der Waals surface area contributed by atoms with Crippen molar-refractivity contribution >= 4 is 17.5 Å². The second kappa shape index (κ2) is 10.1. The Morgan fingerprint density at radius 3 is 2.57 bits per heavy atom. The predicted octanol–water partition coefficient (Wildman–Crippen LogP) is 6.03. The third-order valence-corrected chi connectivity index (χ3v) is 5.31. The average molecular weight is 502 g/mol. The molecular formula is C25H19ClF3N3O3. The molecule has 10 heteroatoms. The van der Waals surface area contributed by atoms with E-state index < -0.39 is 12.3 Å². The van der Waals surface area contributed by atoms with Crippen LogP contribution in [0.25, 0.3) is 16.8 Å². The van der Waals surface area contributed by atoms with E-state index in [4.69, 9.17) is 16.3 Å². The molecule has 3 aromatic carbocycles. The molecule has 0 aliphatic heterocycles. The van der Waals surface area contributed by atoms with Crippen molar-refractivity contribution < 1.29 is 27.4 Å². The number of halogens is 4. The molecule has 0 aliphatic carbocycles. The highest BCUT2D eigenvalue weighted by atomic mass is 35.5. The zero-order valence-corrected chi connectivity index (χ0v) is 19.1. The van der Waals surface area contributed by atoms with E-state index in [2.05, 4.69) is 15.0 Å². The topological polar surface area (TPSA) is 65.4 Å². The zero-order valence-electron chi connectivity index (χ0n) is 18.3. The molecule has 0 saturated carbocycles. The average Bonchev–Trinajstić information content (AvgIpc) is 3.33. The number of methoxy groups -OCH3 is 1. The maximum Gasteiger partial charge on any atom is 0.573 e. The number of ether oxygens (including phenoxy) is 2. The third kappa shape index (κ3) is 5.93. The highest BCUT2D eigenvalue weighted by Gasteiger charge is 2.30.